The van der Waals surface area contributed by atoms with E-state index in [9.17, 15) is 0 Å². The Balaban J connectivity index is 2.35. The normalized spacial score (nSPS) is 10.7. The number of rotatable bonds is 3. The molecule has 3 heteroatoms. The van der Waals surface area contributed by atoms with E-state index in [0.717, 1.165) is 29.1 Å². The summed E-state index contributed by atoms with van der Waals surface area (Å²) in [6.07, 6.45) is 0. The molecule has 0 bridgehead atoms. The third-order valence-electron chi connectivity index (χ3n) is 2.66. The van der Waals surface area contributed by atoms with Gasteiger partial charge in [0, 0.05) is 12.1 Å². The Morgan fingerprint density at radius 2 is 1.88 bits per heavy atom. The summed E-state index contributed by atoms with van der Waals surface area (Å²) in [4.78, 5) is 0. The first-order chi connectivity index (χ1) is 7.72. The molecular formula is C13H16N2O. The van der Waals surface area contributed by atoms with Gasteiger partial charge in [-0.05, 0) is 32.0 Å². The molecule has 0 saturated carbocycles. The zero-order valence-corrected chi connectivity index (χ0v) is 9.87. The lowest BCUT2D eigenvalue weighted by Crippen LogP contribution is -2.04. The molecule has 16 heavy (non-hydrogen) atoms. The minimum absolute atomic E-state index is 0.874. The van der Waals surface area contributed by atoms with Gasteiger partial charge in [0.15, 0.2) is 0 Å². The Labute approximate surface area is 95.5 Å². The largest absolute Gasteiger partial charge is 0.361 e. The number of nitrogens with one attached hydrogen (secondary N) is 1. The van der Waals surface area contributed by atoms with Crippen molar-refractivity contribution < 1.29 is 4.52 Å². The molecule has 1 heterocycles. The van der Waals surface area contributed by atoms with E-state index >= 15 is 0 Å². The van der Waals surface area contributed by atoms with Gasteiger partial charge >= 0.3 is 0 Å². The maximum absolute atomic E-state index is 5.17. The molecule has 0 fully saturated rings. The smallest absolute Gasteiger partial charge is 0.141 e. The highest BCUT2D eigenvalue weighted by Crippen LogP contribution is 2.26. The topological polar surface area (TPSA) is 38.1 Å². The SMILES string of the molecule is CNCc1ccc(-c2c(C)noc2C)cc1. The third-order valence-corrected chi connectivity index (χ3v) is 2.66. The second-order valence-corrected chi connectivity index (χ2v) is 3.93. The maximum Gasteiger partial charge on any atom is 0.141 e. The molecule has 3 nitrogen and oxygen atoms in total. The van der Waals surface area contributed by atoms with Crippen LogP contribution in [0.2, 0.25) is 0 Å². The lowest BCUT2D eigenvalue weighted by atomic mass is 10.0. The van der Waals surface area contributed by atoms with E-state index in [1.807, 2.05) is 20.9 Å². The summed E-state index contributed by atoms with van der Waals surface area (Å²) in [5, 5.41) is 7.09. The number of benzene rings is 1. The van der Waals surface area contributed by atoms with Crippen LogP contribution in [0.15, 0.2) is 28.8 Å². The van der Waals surface area contributed by atoms with Gasteiger partial charge in [0.25, 0.3) is 0 Å². The molecule has 0 aliphatic carbocycles. The first-order valence-corrected chi connectivity index (χ1v) is 5.39. The minimum Gasteiger partial charge on any atom is -0.361 e. The highest BCUT2D eigenvalue weighted by atomic mass is 16.5. The Morgan fingerprint density at radius 1 is 1.19 bits per heavy atom. The highest BCUT2D eigenvalue weighted by molar-refractivity contribution is 5.67. The van der Waals surface area contributed by atoms with Gasteiger partial charge in [0.2, 0.25) is 0 Å². The molecule has 1 N–H and O–H groups in total. The molecule has 1 aromatic heterocycles. The zero-order valence-electron chi connectivity index (χ0n) is 9.87. The summed E-state index contributed by atoms with van der Waals surface area (Å²) in [5.74, 6) is 0.874. The summed E-state index contributed by atoms with van der Waals surface area (Å²) < 4.78 is 5.17. The van der Waals surface area contributed by atoms with E-state index < -0.39 is 0 Å². The molecule has 0 aliphatic heterocycles. The molecule has 0 atom stereocenters. The van der Waals surface area contributed by atoms with Crippen molar-refractivity contribution in [2.75, 3.05) is 7.05 Å². The van der Waals surface area contributed by atoms with E-state index in [2.05, 4.69) is 34.7 Å². The van der Waals surface area contributed by atoms with E-state index in [1.165, 1.54) is 5.56 Å². The Kier molecular flexibility index (Phi) is 3.06. The molecule has 0 spiro atoms. The van der Waals surface area contributed by atoms with Crippen LogP contribution in [0.3, 0.4) is 0 Å². The molecule has 0 amide bonds. The van der Waals surface area contributed by atoms with Crippen LogP contribution < -0.4 is 5.32 Å². The molecule has 84 valence electrons. The Bertz CT molecular complexity index is 452. The summed E-state index contributed by atoms with van der Waals surface area (Å²) in [5.41, 5.74) is 4.49. The van der Waals surface area contributed by atoms with E-state index in [0.29, 0.717) is 0 Å². The van der Waals surface area contributed by atoms with E-state index in [-0.39, 0.29) is 0 Å². The molecule has 2 aromatic rings. The molecule has 0 aliphatic rings. The van der Waals surface area contributed by atoms with Crippen molar-refractivity contribution in [3.63, 3.8) is 0 Å². The second-order valence-electron chi connectivity index (χ2n) is 3.93. The van der Waals surface area contributed by atoms with Gasteiger partial charge in [0.05, 0.1) is 5.69 Å². The Morgan fingerprint density at radius 3 is 2.38 bits per heavy atom. The molecule has 0 saturated heterocycles. The number of hydrogen-bond donors (Lipinski definition) is 1. The van der Waals surface area contributed by atoms with Gasteiger partial charge in [-0.15, -0.1) is 0 Å². The predicted molar refractivity (Wildman–Crippen MR) is 64.2 cm³/mol. The van der Waals surface area contributed by atoms with E-state index in [4.69, 9.17) is 4.52 Å². The van der Waals surface area contributed by atoms with Crippen LogP contribution in [0.25, 0.3) is 11.1 Å². The van der Waals surface area contributed by atoms with Crippen molar-refractivity contribution in [2.45, 2.75) is 20.4 Å². The Hall–Kier alpha value is -1.61. The van der Waals surface area contributed by atoms with Crippen molar-refractivity contribution in [3.8, 4) is 11.1 Å². The van der Waals surface area contributed by atoms with Crippen LogP contribution in [-0.2, 0) is 6.54 Å². The standard InChI is InChI=1S/C13H16N2O/c1-9-13(10(2)16-15-9)12-6-4-11(5-7-12)8-14-3/h4-7,14H,8H2,1-3H3. The molecule has 0 radical (unpaired) electrons. The van der Waals surface area contributed by atoms with Crippen molar-refractivity contribution in [1.82, 2.24) is 10.5 Å². The van der Waals surface area contributed by atoms with Gasteiger partial charge in [-0.1, -0.05) is 29.4 Å². The van der Waals surface area contributed by atoms with Crippen LogP contribution in [-0.4, -0.2) is 12.2 Å². The number of nitrogens with zero attached hydrogens (tertiary/aromatic N) is 1. The fourth-order valence-corrected chi connectivity index (χ4v) is 1.89. The fourth-order valence-electron chi connectivity index (χ4n) is 1.89. The molecular weight excluding hydrogens is 200 g/mol. The summed E-state index contributed by atoms with van der Waals surface area (Å²) >= 11 is 0. The summed E-state index contributed by atoms with van der Waals surface area (Å²) in [7, 11) is 1.95. The fraction of sp³-hybridized carbons (Fsp3) is 0.308. The van der Waals surface area contributed by atoms with E-state index in [1.54, 1.807) is 0 Å². The average molecular weight is 216 g/mol. The van der Waals surface area contributed by atoms with Crippen LogP contribution in [0.5, 0.6) is 0 Å². The van der Waals surface area contributed by atoms with Crippen molar-refractivity contribution >= 4 is 0 Å². The van der Waals surface area contributed by atoms with Gasteiger partial charge in [-0.3, -0.25) is 0 Å². The quantitative estimate of drug-likeness (QED) is 0.857. The van der Waals surface area contributed by atoms with Gasteiger partial charge in [-0.2, -0.15) is 0 Å². The summed E-state index contributed by atoms with van der Waals surface area (Å²) in [6.45, 7) is 4.80. The third kappa shape index (κ3) is 1.99. The van der Waals surface area contributed by atoms with Gasteiger partial charge in [0.1, 0.15) is 5.76 Å². The van der Waals surface area contributed by atoms with Crippen LogP contribution in [0.1, 0.15) is 17.0 Å². The molecule has 2 rings (SSSR count). The van der Waals surface area contributed by atoms with Crippen LogP contribution in [0, 0.1) is 13.8 Å². The highest BCUT2D eigenvalue weighted by Gasteiger charge is 2.10. The van der Waals surface area contributed by atoms with Gasteiger partial charge < -0.3 is 9.84 Å². The predicted octanol–water partition coefficient (Wildman–Crippen LogP) is 2.68. The minimum atomic E-state index is 0.874. The lowest BCUT2D eigenvalue weighted by Gasteiger charge is -2.03. The maximum atomic E-state index is 5.17. The van der Waals surface area contributed by atoms with Crippen LogP contribution >= 0.6 is 0 Å². The van der Waals surface area contributed by atoms with Crippen LogP contribution in [0.4, 0.5) is 0 Å². The van der Waals surface area contributed by atoms with Crippen molar-refractivity contribution in [2.24, 2.45) is 0 Å². The first kappa shape index (κ1) is 10.9. The average Bonchev–Trinajstić information content (AvgIpc) is 2.61. The summed E-state index contributed by atoms with van der Waals surface area (Å²) in [6, 6.07) is 8.47. The number of aromatic nitrogens is 1. The van der Waals surface area contributed by atoms with Gasteiger partial charge in [-0.25, -0.2) is 0 Å². The molecule has 0 unspecified atom stereocenters. The zero-order chi connectivity index (χ0) is 11.5. The van der Waals surface area contributed by atoms with Crippen molar-refractivity contribution in [1.29, 1.82) is 0 Å². The van der Waals surface area contributed by atoms with Crippen molar-refractivity contribution in [3.05, 3.63) is 41.3 Å². The second kappa shape index (κ2) is 4.49. The number of hydrogen-bond acceptors (Lipinski definition) is 3. The molecule has 1 aromatic carbocycles. The lowest BCUT2D eigenvalue weighted by molar-refractivity contribution is 0.393. The monoisotopic (exact) mass is 216 g/mol. The first-order valence-electron chi connectivity index (χ1n) is 5.39. The number of aryl methyl sites for hydroxylation is 2.